The van der Waals surface area contributed by atoms with Gasteiger partial charge in [-0.3, -0.25) is 18.6 Å². The molecule has 0 amide bonds. The zero-order valence-electron chi connectivity index (χ0n) is 34.2. The van der Waals surface area contributed by atoms with Crippen LogP contribution in [0.25, 0.3) is 0 Å². The van der Waals surface area contributed by atoms with E-state index in [0.717, 1.165) is 44.9 Å². The number of phosphoric acid groups is 1. The quantitative estimate of drug-likeness (QED) is 0.0132. The molecule has 0 saturated carbocycles. The van der Waals surface area contributed by atoms with Gasteiger partial charge in [-0.25, -0.2) is 4.57 Å². The van der Waals surface area contributed by atoms with E-state index in [4.69, 9.17) is 24.3 Å². The van der Waals surface area contributed by atoms with Gasteiger partial charge in [-0.05, 0) is 57.8 Å². The van der Waals surface area contributed by atoms with Gasteiger partial charge in [-0.15, -0.1) is 0 Å². The summed E-state index contributed by atoms with van der Waals surface area (Å²) >= 11 is 0. The maximum absolute atomic E-state index is 12.6. The van der Waals surface area contributed by atoms with Crippen molar-refractivity contribution in [2.45, 2.75) is 160 Å². The van der Waals surface area contributed by atoms with Gasteiger partial charge in [-0.1, -0.05) is 138 Å². The van der Waals surface area contributed by atoms with Gasteiger partial charge in [0.05, 0.1) is 31.5 Å². The van der Waals surface area contributed by atoms with E-state index in [1.165, 1.54) is 44.6 Å². The van der Waals surface area contributed by atoms with Crippen LogP contribution in [0.1, 0.15) is 136 Å². The van der Waals surface area contributed by atoms with Crippen LogP contribution in [0.4, 0.5) is 0 Å². The second-order valence-electron chi connectivity index (χ2n) is 13.7. The number of esters is 2. The van der Waals surface area contributed by atoms with Crippen LogP contribution in [0, 0.1) is 0 Å². The largest absolute Gasteiger partial charge is 0.472 e. The third-order valence-electron chi connectivity index (χ3n) is 8.42. The molecule has 13 heteroatoms. The van der Waals surface area contributed by atoms with E-state index in [2.05, 4.69) is 19.1 Å². The SMILES string of the molecule is CC/C=C\C[C@@H](O)/C=C/C=C/C=C\C=C/[C@H](O)[C@@H](O)CCCC(=O)OC[C@H](COP(=O)(O)OCCN)OC(=O)CCCCCCC/C=C\CCCCCCCC. The minimum absolute atomic E-state index is 0.000442. The number of nitrogens with two attached hydrogens (primary N) is 1. The van der Waals surface area contributed by atoms with Crippen LogP contribution in [0.5, 0.6) is 0 Å². The molecular weight excluding hydrogens is 737 g/mol. The molecular formula is C43H74NO11P. The minimum atomic E-state index is -4.46. The van der Waals surface area contributed by atoms with Crippen molar-refractivity contribution in [1.29, 1.82) is 0 Å². The Kier molecular flexibility index (Phi) is 36.1. The third kappa shape index (κ3) is 35.7. The molecule has 0 aromatic heterocycles. The fraction of sp³-hybridized carbons (Fsp3) is 0.674. The van der Waals surface area contributed by atoms with Crippen molar-refractivity contribution >= 4 is 19.8 Å². The van der Waals surface area contributed by atoms with Gasteiger partial charge < -0.3 is 35.4 Å². The number of carbonyl (C=O) groups excluding carboxylic acids is 2. The maximum atomic E-state index is 12.6. The number of aliphatic hydroxyl groups excluding tert-OH is 3. The molecule has 6 N–H and O–H groups in total. The second kappa shape index (κ2) is 37.9. The van der Waals surface area contributed by atoms with E-state index in [1.807, 2.05) is 19.1 Å². The number of hydrogen-bond acceptors (Lipinski definition) is 11. The predicted octanol–water partition coefficient (Wildman–Crippen LogP) is 8.41. The summed E-state index contributed by atoms with van der Waals surface area (Å²) in [7, 11) is -4.46. The van der Waals surface area contributed by atoms with E-state index in [0.29, 0.717) is 12.8 Å². The molecule has 0 spiro atoms. The summed E-state index contributed by atoms with van der Waals surface area (Å²) in [5.74, 6) is -1.18. The molecule has 5 atom stereocenters. The van der Waals surface area contributed by atoms with E-state index < -0.39 is 57.4 Å². The molecule has 0 rings (SSSR count). The van der Waals surface area contributed by atoms with Crippen molar-refractivity contribution in [1.82, 2.24) is 0 Å². The smallest absolute Gasteiger partial charge is 0.462 e. The molecule has 322 valence electrons. The van der Waals surface area contributed by atoms with Gasteiger partial charge in [0.25, 0.3) is 0 Å². The molecule has 0 aromatic carbocycles. The highest BCUT2D eigenvalue weighted by Gasteiger charge is 2.26. The van der Waals surface area contributed by atoms with E-state index in [1.54, 1.807) is 42.5 Å². The summed E-state index contributed by atoms with van der Waals surface area (Å²) in [5.41, 5.74) is 5.32. The molecule has 0 radical (unpaired) electrons. The van der Waals surface area contributed by atoms with E-state index >= 15 is 0 Å². The van der Waals surface area contributed by atoms with Crippen molar-refractivity contribution in [2.75, 3.05) is 26.4 Å². The van der Waals surface area contributed by atoms with Gasteiger partial charge in [0.1, 0.15) is 6.61 Å². The normalized spacial score (nSPS) is 15.8. The van der Waals surface area contributed by atoms with E-state index in [-0.39, 0.29) is 38.8 Å². The van der Waals surface area contributed by atoms with Gasteiger partial charge in [0.2, 0.25) is 0 Å². The van der Waals surface area contributed by atoms with Gasteiger partial charge in [-0.2, -0.15) is 0 Å². The first-order valence-corrected chi connectivity index (χ1v) is 22.2. The first-order valence-electron chi connectivity index (χ1n) is 20.7. The molecule has 0 aliphatic heterocycles. The molecule has 0 saturated heterocycles. The zero-order valence-corrected chi connectivity index (χ0v) is 35.1. The Labute approximate surface area is 337 Å². The fourth-order valence-corrected chi connectivity index (χ4v) is 5.97. The van der Waals surface area contributed by atoms with Crippen LogP contribution in [0.3, 0.4) is 0 Å². The Hall–Kier alpha value is -2.67. The Morgan fingerprint density at radius 3 is 1.91 bits per heavy atom. The van der Waals surface area contributed by atoms with Crippen molar-refractivity contribution in [3.8, 4) is 0 Å². The molecule has 1 unspecified atom stereocenters. The minimum Gasteiger partial charge on any atom is -0.462 e. The number of carbonyl (C=O) groups is 2. The highest BCUT2D eigenvalue weighted by atomic mass is 31.2. The first kappa shape index (κ1) is 53.3. The molecule has 0 fully saturated rings. The summed E-state index contributed by atoms with van der Waals surface area (Å²) in [6.45, 7) is 3.10. The summed E-state index contributed by atoms with van der Waals surface area (Å²) < 4.78 is 32.5. The van der Waals surface area contributed by atoms with Gasteiger partial charge in [0, 0.05) is 19.4 Å². The number of aliphatic hydroxyl groups is 3. The lowest BCUT2D eigenvalue weighted by atomic mass is 10.1. The number of unbranched alkanes of at least 4 members (excludes halogenated alkanes) is 11. The second-order valence-corrected chi connectivity index (χ2v) is 15.1. The Balaban J connectivity index is 4.54. The van der Waals surface area contributed by atoms with Crippen LogP contribution >= 0.6 is 7.82 Å². The lowest BCUT2D eigenvalue weighted by molar-refractivity contribution is -0.161. The van der Waals surface area contributed by atoms with Crippen LogP contribution < -0.4 is 5.73 Å². The number of hydrogen-bond donors (Lipinski definition) is 5. The molecule has 0 aliphatic carbocycles. The summed E-state index contributed by atoms with van der Waals surface area (Å²) in [5, 5.41) is 30.3. The standard InChI is InChI=1S/C43H74NO11P/c1-3-5-7-8-9-10-11-12-13-14-15-16-17-22-26-32-43(49)55-39(37-54-56(50,51)53-35-34-44)36-52-42(48)33-27-31-41(47)40(46)30-25-21-19-18-20-24-29-38(45)28-23-6-4-2/h6,12-13,18-21,23-25,29-30,38-41,45-47H,3-5,7-11,14-17,22,26-28,31-37,44H2,1-2H3,(H,50,51)/b13-12-,20-18+,21-19-,23-6-,29-24+,30-25-/t38-,39-,40+,41+/m1/s1. The fourth-order valence-electron chi connectivity index (χ4n) is 5.20. The predicted molar refractivity (Wildman–Crippen MR) is 224 cm³/mol. The van der Waals surface area contributed by atoms with Crippen LogP contribution in [0.15, 0.2) is 72.9 Å². The highest BCUT2D eigenvalue weighted by Crippen LogP contribution is 2.43. The highest BCUT2D eigenvalue weighted by molar-refractivity contribution is 7.47. The number of allylic oxidation sites excluding steroid dienone is 9. The zero-order chi connectivity index (χ0) is 41.5. The summed E-state index contributed by atoms with van der Waals surface area (Å²) in [4.78, 5) is 34.9. The van der Waals surface area contributed by atoms with Crippen molar-refractivity contribution in [2.24, 2.45) is 5.73 Å². The Bertz CT molecular complexity index is 1200. The Morgan fingerprint density at radius 2 is 1.27 bits per heavy atom. The topological polar surface area (TPSA) is 195 Å². The van der Waals surface area contributed by atoms with E-state index in [9.17, 15) is 34.4 Å². The average molecular weight is 812 g/mol. The molecule has 0 heterocycles. The van der Waals surface area contributed by atoms with Crippen molar-refractivity contribution in [3.05, 3.63) is 72.9 Å². The van der Waals surface area contributed by atoms with Crippen LogP contribution in [-0.2, 0) is 32.7 Å². The molecule has 0 bridgehead atoms. The molecule has 0 aromatic rings. The lowest BCUT2D eigenvalue weighted by Gasteiger charge is -2.20. The summed E-state index contributed by atoms with van der Waals surface area (Å²) in [6, 6.07) is 0. The lowest BCUT2D eigenvalue weighted by Crippen LogP contribution is -2.30. The average Bonchev–Trinajstić information content (AvgIpc) is 3.17. The summed E-state index contributed by atoms with van der Waals surface area (Å²) in [6.07, 6.45) is 34.5. The van der Waals surface area contributed by atoms with Gasteiger partial charge >= 0.3 is 19.8 Å². The molecule has 12 nitrogen and oxygen atoms in total. The number of ether oxygens (including phenoxy) is 2. The number of phosphoric ester groups is 1. The molecule has 56 heavy (non-hydrogen) atoms. The van der Waals surface area contributed by atoms with Crippen molar-refractivity contribution < 1.29 is 52.9 Å². The maximum Gasteiger partial charge on any atom is 0.472 e. The van der Waals surface area contributed by atoms with Crippen LogP contribution in [-0.4, -0.2) is 82.9 Å². The molecule has 0 aliphatic rings. The van der Waals surface area contributed by atoms with Crippen molar-refractivity contribution in [3.63, 3.8) is 0 Å². The Morgan fingerprint density at radius 1 is 0.679 bits per heavy atom. The monoisotopic (exact) mass is 811 g/mol. The van der Waals surface area contributed by atoms with Gasteiger partial charge in [0.15, 0.2) is 6.10 Å². The first-order chi connectivity index (χ1) is 27.0. The third-order valence-corrected chi connectivity index (χ3v) is 9.40. The number of rotatable bonds is 37. The van der Waals surface area contributed by atoms with Crippen LogP contribution in [0.2, 0.25) is 0 Å².